The molecule has 0 spiro atoms. The average molecular weight is 285 g/mol. The van der Waals surface area contributed by atoms with Crippen molar-refractivity contribution in [1.29, 1.82) is 0 Å². The lowest BCUT2D eigenvalue weighted by Crippen LogP contribution is -2.49. The van der Waals surface area contributed by atoms with E-state index < -0.39 is 11.5 Å². The normalized spacial score (nSPS) is 14.1. The van der Waals surface area contributed by atoms with E-state index >= 15 is 0 Å². The first kappa shape index (κ1) is 16.0. The fourth-order valence-corrected chi connectivity index (χ4v) is 2.86. The molecule has 0 radical (unpaired) electrons. The molecule has 1 rings (SSSR count). The Morgan fingerprint density at radius 1 is 1.53 bits per heavy atom. The van der Waals surface area contributed by atoms with Crippen LogP contribution in [0.2, 0.25) is 0 Å². The van der Waals surface area contributed by atoms with Crippen LogP contribution in [-0.4, -0.2) is 29.4 Å². The van der Waals surface area contributed by atoms with Crippen molar-refractivity contribution in [1.82, 2.24) is 5.32 Å². The molecule has 0 aliphatic rings. The van der Waals surface area contributed by atoms with E-state index in [4.69, 9.17) is 0 Å². The first-order valence-corrected chi connectivity index (χ1v) is 7.33. The molecular weight excluding hydrogens is 265 g/mol. The van der Waals surface area contributed by atoms with Crippen LogP contribution in [0.4, 0.5) is 4.39 Å². The van der Waals surface area contributed by atoms with Crippen molar-refractivity contribution in [3.8, 4) is 0 Å². The number of carboxylic acids is 1. The Kier molecular flexibility index (Phi) is 6.31. The van der Waals surface area contributed by atoms with E-state index in [9.17, 15) is 14.3 Å². The summed E-state index contributed by atoms with van der Waals surface area (Å²) in [4.78, 5) is 12.2. The van der Waals surface area contributed by atoms with Gasteiger partial charge in [-0.05, 0) is 50.3 Å². The fraction of sp³-hybridized carbons (Fsp3) is 0.500. The molecule has 0 aromatic heterocycles. The highest BCUT2D eigenvalue weighted by Crippen LogP contribution is 2.23. The number of likely N-dealkylation sites (N-methyl/N-ethyl adjacent to an activating group) is 1. The number of nitrogens with one attached hydrogen (secondary N) is 1. The summed E-state index contributed by atoms with van der Waals surface area (Å²) < 4.78 is 13.0. The summed E-state index contributed by atoms with van der Waals surface area (Å²) >= 11 is 1.55. The maximum Gasteiger partial charge on any atom is 0.323 e. The minimum atomic E-state index is -0.845. The average Bonchev–Trinajstić information content (AvgIpc) is 2.39. The zero-order valence-electron chi connectivity index (χ0n) is 11.3. The van der Waals surface area contributed by atoms with Gasteiger partial charge in [-0.1, -0.05) is 13.0 Å². The van der Waals surface area contributed by atoms with Crippen molar-refractivity contribution in [3.63, 3.8) is 0 Å². The SMILES string of the molecule is CCC(CCCSc1cccc(F)c1)(NC)C(=O)O. The van der Waals surface area contributed by atoms with Crippen LogP contribution in [0.1, 0.15) is 26.2 Å². The van der Waals surface area contributed by atoms with Gasteiger partial charge in [-0.3, -0.25) is 4.79 Å². The van der Waals surface area contributed by atoms with Crippen LogP contribution >= 0.6 is 11.8 Å². The van der Waals surface area contributed by atoms with E-state index in [0.717, 1.165) is 17.1 Å². The van der Waals surface area contributed by atoms with Crippen LogP contribution in [0, 0.1) is 5.82 Å². The van der Waals surface area contributed by atoms with Gasteiger partial charge in [0.2, 0.25) is 0 Å². The van der Waals surface area contributed by atoms with E-state index in [1.54, 1.807) is 24.9 Å². The maximum absolute atomic E-state index is 13.0. The van der Waals surface area contributed by atoms with Gasteiger partial charge in [0.15, 0.2) is 0 Å². The molecule has 106 valence electrons. The molecule has 0 saturated carbocycles. The van der Waals surface area contributed by atoms with Crippen molar-refractivity contribution < 1.29 is 14.3 Å². The molecule has 1 unspecified atom stereocenters. The third kappa shape index (κ3) is 4.51. The summed E-state index contributed by atoms with van der Waals surface area (Å²) in [5, 5.41) is 12.2. The van der Waals surface area contributed by atoms with Gasteiger partial charge in [0.1, 0.15) is 11.4 Å². The maximum atomic E-state index is 13.0. The second-order valence-corrected chi connectivity index (χ2v) is 5.57. The Labute approximate surface area is 117 Å². The molecule has 0 saturated heterocycles. The summed E-state index contributed by atoms with van der Waals surface area (Å²) in [6, 6.07) is 6.44. The number of thioether (sulfide) groups is 1. The van der Waals surface area contributed by atoms with Crippen molar-refractivity contribution in [2.45, 2.75) is 36.6 Å². The molecule has 19 heavy (non-hydrogen) atoms. The van der Waals surface area contributed by atoms with E-state index in [1.807, 2.05) is 13.0 Å². The molecule has 0 bridgehead atoms. The largest absolute Gasteiger partial charge is 0.480 e. The van der Waals surface area contributed by atoms with E-state index in [-0.39, 0.29) is 5.82 Å². The second-order valence-electron chi connectivity index (χ2n) is 4.40. The van der Waals surface area contributed by atoms with Crippen molar-refractivity contribution >= 4 is 17.7 Å². The quantitative estimate of drug-likeness (QED) is 0.569. The van der Waals surface area contributed by atoms with Gasteiger partial charge in [0.25, 0.3) is 0 Å². The lowest BCUT2D eigenvalue weighted by Gasteiger charge is -2.27. The number of benzene rings is 1. The van der Waals surface area contributed by atoms with E-state index in [2.05, 4.69) is 5.32 Å². The monoisotopic (exact) mass is 285 g/mol. The third-order valence-corrected chi connectivity index (χ3v) is 4.38. The number of carbonyl (C=O) groups is 1. The van der Waals surface area contributed by atoms with Crippen LogP contribution in [0.5, 0.6) is 0 Å². The highest BCUT2D eigenvalue weighted by atomic mass is 32.2. The van der Waals surface area contributed by atoms with Gasteiger partial charge >= 0.3 is 5.97 Å². The summed E-state index contributed by atoms with van der Waals surface area (Å²) in [6.07, 6.45) is 1.88. The number of halogens is 1. The zero-order valence-corrected chi connectivity index (χ0v) is 12.1. The topological polar surface area (TPSA) is 49.3 Å². The van der Waals surface area contributed by atoms with Gasteiger partial charge in [0, 0.05) is 4.90 Å². The number of aliphatic carboxylic acids is 1. The Bertz CT molecular complexity index is 422. The second kappa shape index (κ2) is 7.50. The predicted molar refractivity (Wildman–Crippen MR) is 76.1 cm³/mol. The molecule has 1 aromatic rings. The first-order chi connectivity index (χ1) is 9.04. The van der Waals surface area contributed by atoms with Gasteiger partial charge in [-0.2, -0.15) is 0 Å². The van der Waals surface area contributed by atoms with Crippen LogP contribution < -0.4 is 5.32 Å². The standard InChI is InChI=1S/C14H20FNO2S/c1-3-14(16-2,13(17)18)8-5-9-19-12-7-4-6-11(15)10-12/h4,6-7,10,16H,3,5,8-9H2,1-2H3,(H,17,18). The van der Waals surface area contributed by atoms with Crippen molar-refractivity contribution in [2.24, 2.45) is 0 Å². The molecule has 0 heterocycles. The Morgan fingerprint density at radius 2 is 2.26 bits per heavy atom. The fourth-order valence-electron chi connectivity index (χ4n) is 1.96. The van der Waals surface area contributed by atoms with Crippen LogP contribution in [0.25, 0.3) is 0 Å². The number of rotatable bonds is 8. The number of hydrogen-bond acceptors (Lipinski definition) is 3. The van der Waals surface area contributed by atoms with Crippen LogP contribution in [0.15, 0.2) is 29.2 Å². The smallest absolute Gasteiger partial charge is 0.323 e. The third-order valence-electron chi connectivity index (χ3n) is 3.30. The molecule has 2 N–H and O–H groups in total. The minimum Gasteiger partial charge on any atom is -0.480 e. The molecule has 1 atom stereocenters. The first-order valence-electron chi connectivity index (χ1n) is 6.35. The molecule has 5 heteroatoms. The van der Waals surface area contributed by atoms with E-state index in [1.165, 1.54) is 12.1 Å². The zero-order chi connectivity index (χ0) is 14.3. The predicted octanol–water partition coefficient (Wildman–Crippen LogP) is 3.15. The van der Waals surface area contributed by atoms with Crippen LogP contribution in [-0.2, 0) is 4.79 Å². The summed E-state index contributed by atoms with van der Waals surface area (Å²) in [5.74, 6) is -0.276. The van der Waals surface area contributed by atoms with Gasteiger partial charge < -0.3 is 10.4 Å². The lowest BCUT2D eigenvalue weighted by molar-refractivity contribution is -0.145. The van der Waals surface area contributed by atoms with Gasteiger partial charge in [-0.25, -0.2) is 4.39 Å². The molecule has 0 aliphatic carbocycles. The number of hydrogen-bond donors (Lipinski definition) is 2. The van der Waals surface area contributed by atoms with Crippen molar-refractivity contribution in [3.05, 3.63) is 30.1 Å². The lowest BCUT2D eigenvalue weighted by atomic mass is 9.91. The molecule has 1 aromatic carbocycles. The van der Waals surface area contributed by atoms with Crippen LogP contribution in [0.3, 0.4) is 0 Å². The van der Waals surface area contributed by atoms with Gasteiger partial charge in [-0.15, -0.1) is 11.8 Å². The van der Waals surface area contributed by atoms with Gasteiger partial charge in [0.05, 0.1) is 0 Å². The minimum absolute atomic E-state index is 0.242. The molecule has 0 fully saturated rings. The number of carboxylic acid groups (broad SMARTS) is 1. The summed E-state index contributed by atoms with van der Waals surface area (Å²) in [7, 11) is 1.68. The molecular formula is C14H20FNO2S. The summed E-state index contributed by atoms with van der Waals surface area (Å²) in [5.41, 5.74) is -0.845. The Hall–Kier alpha value is -1.07. The molecule has 0 amide bonds. The summed E-state index contributed by atoms with van der Waals surface area (Å²) in [6.45, 7) is 1.87. The molecule has 0 aliphatic heterocycles. The van der Waals surface area contributed by atoms with E-state index in [0.29, 0.717) is 12.8 Å². The van der Waals surface area contributed by atoms with Crippen molar-refractivity contribution in [2.75, 3.05) is 12.8 Å². The Balaban J connectivity index is 2.43. The highest BCUT2D eigenvalue weighted by molar-refractivity contribution is 7.99. The molecule has 3 nitrogen and oxygen atoms in total. The highest BCUT2D eigenvalue weighted by Gasteiger charge is 2.33. The Morgan fingerprint density at radius 3 is 2.79 bits per heavy atom.